The molecule has 0 aliphatic heterocycles. The van der Waals surface area contributed by atoms with Crippen LogP contribution in [0.3, 0.4) is 0 Å². The van der Waals surface area contributed by atoms with Crippen molar-refractivity contribution in [2.75, 3.05) is 0 Å². The Kier molecular flexibility index (Phi) is 4.17. The highest BCUT2D eigenvalue weighted by Crippen LogP contribution is 2.23. The smallest absolute Gasteiger partial charge is 0.108 e. The molecule has 0 aromatic carbocycles. The number of nitrogens with zero attached hydrogens (tertiary/aromatic N) is 2. The van der Waals surface area contributed by atoms with Crippen LogP contribution in [0.4, 0.5) is 0 Å². The fourth-order valence-corrected chi connectivity index (χ4v) is 2.19. The Morgan fingerprint density at radius 1 is 1.56 bits per heavy atom. The zero-order valence-corrected chi connectivity index (χ0v) is 10.9. The Bertz CT molecular complexity index is 489. The van der Waals surface area contributed by atoms with Gasteiger partial charge in [0.05, 0.1) is 6.26 Å². The van der Waals surface area contributed by atoms with Crippen LogP contribution in [0, 0.1) is 0 Å². The van der Waals surface area contributed by atoms with Gasteiger partial charge in [0.1, 0.15) is 11.6 Å². The molecule has 0 bridgehead atoms. The van der Waals surface area contributed by atoms with Crippen LogP contribution in [0.1, 0.15) is 36.5 Å². The first-order valence-electron chi connectivity index (χ1n) is 6.24. The van der Waals surface area contributed by atoms with E-state index in [9.17, 15) is 0 Å². The highest BCUT2D eigenvalue weighted by atomic mass is 16.3. The minimum Gasteiger partial charge on any atom is -0.469 e. The first-order chi connectivity index (χ1) is 8.76. The van der Waals surface area contributed by atoms with Crippen LogP contribution in [-0.4, -0.2) is 9.55 Å². The molecule has 5 heteroatoms. The standard InChI is InChI=1S/C13H20N4O/c1-3-12-10(6-9-18-12)11(16-14)4-5-13-15-7-8-17(13)2/h6-9,11,16H,3-5,14H2,1-2H3. The van der Waals surface area contributed by atoms with Crippen LogP contribution in [0.25, 0.3) is 0 Å². The maximum Gasteiger partial charge on any atom is 0.108 e. The summed E-state index contributed by atoms with van der Waals surface area (Å²) < 4.78 is 7.47. The normalized spacial score (nSPS) is 12.8. The number of nitrogens with two attached hydrogens (primary N) is 1. The third kappa shape index (κ3) is 2.63. The Labute approximate surface area is 107 Å². The second kappa shape index (κ2) is 5.84. The molecule has 0 saturated heterocycles. The van der Waals surface area contributed by atoms with E-state index in [1.807, 2.05) is 30.1 Å². The van der Waals surface area contributed by atoms with E-state index in [-0.39, 0.29) is 6.04 Å². The van der Waals surface area contributed by atoms with E-state index in [1.165, 1.54) is 0 Å². The summed E-state index contributed by atoms with van der Waals surface area (Å²) in [5.74, 6) is 7.71. The highest BCUT2D eigenvalue weighted by Gasteiger charge is 2.16. The monoisotopic (exact) mass is 248 g/mol. The van der Waals surface area contributed by atoms with Crippen molar-refractivity contribution in [3.8, 4) is 0 Å². The average Bonchev–Trinajstić information content (AvgIpc) is 2.99. The van der Waals surface area contributed by atoms with Gasteiger partial charge in [0, 0.05) is 43.9 Å². The fraction of sp³-hybridized carbons (Fsp3) is 0.462. The summed E-state index contributed by atoms with van der Waals surface area (Å²) in [5.41, 5.74) is 4.01. The maximum absolute atomic E-state index is 5.65. The van der Waals surface area contributed by atoms with Gasteiger partial charge in [-0.2, -0.15) is 0 Å². The molecule has 18 heavy (non-hydrogen) atoms. The lowest BCUT2D eigenvalue weighted by Crippen LogP contribution is -2.29. The Hall–Kier alpha value is -1.59. The summed E-state index contributed by atoms with van der Waals surface area (Å²) >= 11 is 0. The molecule has 2 aromatic rings. The van der Waals surface area contributed by atoms with Crippen molar-refractivity contribution in [3.05, 3.63) is 41.9 Å². The molecule has 0 saturated carbocycles. The lowest BCUT2D eigenvalue weighted by Gasteiger charge is -2.15. The van der Waals surface area contributed by atoms with Crippen LogP contribution < -0.4 is 11.3 Å². The number of nitrogens with one attached hydrogen (secondary N) is 1. The summed E-state index contributed by atoms with van der Waals surface area (Å²) in [4.78, 5) is 4.32. The van der Waals surface area contributed by atoms with Crippen molar-refractivity contribution in [3.63, 3.8) is 0 Å². The number of rotatable bonds is 6. The number of hydrazine groups is 1. The van der Waals surface area contributed by atoms with Gasteiger partial charge in [0.2, 0.25) is 0 Å². The number of imidazole rings is 1. The SMILES string of the molecule is CCc1occc1C(CCc1nccn1C)NN. The predicted molar refractivity (Wildman–Crippen MR) is 69.7 cm³/mol. The molecule has 2 heterocycles. The Morgan fingerprint density at radius 2 is 2.39 bits per heavy atom. The highest BCUT2D eigenvalue weighted by molar-refractivity contribution is 5.21. The molecular weight excluding hydrogens is 228 g/mol. The van der Waals surface area contributed by atoms with Crippen LogP contribution in [0.15, 0.2) is 29.1 Å². The van der Waals surface area contributed by atoms with Gasteiger partial charge in [0.25, 0.3) is 0 Å². The number of aromatic nitrogens is 2. The number of furan rings is 1. The second-order valence-corrected chi connectivity index (χ2v) is 4.36. The summed E-state index contributed by atoms with van der Waals surface area (Å²) in [6, 6.07) is 2.09. The quantitative estimate of drug-likeness (QED) is 0.603. The molecule has 1 atom stereocenters. The van der Waals surface area contributed by atoms with Crippen molar-refractivity contribution >= 4 is 0 Å². The summed E-state index contributed by atoms with van der Waals surface area (Å²) in [6.07, 6.45) is 8.15. The summed E-state index contributed by atoms with van der Waals surface area (Å²) in [7, 11) is 2.00. The maximum atomic E-state index is 5.65. The second-order valence-electron chi connectivity index (χ2n) is 4.36. The third-order valence-electron chi connectivity index (χ3n) is 3.26. The van der Waals surface area contributed by atoms with Crippen LogP contribution in [0.5, 0.6) is 0 Å². The van der Waals surface area contributed by atoms with Gasteiger partial charge in [-0.25, -0.2) is 4.98 Å². The van der Waals surface area contributed by atoms with Crippen LogP contribution >= 0.6 is 0 Å². The number of hydrogen-bond donors (Lipinski definition) is 2. The summed E-state index contributed by atoms with van der Waals surface area (Å²) in [6.45, 7) is 2.08. The molecule has 0 fully saturated rings. The largest absolute Gasteiger partial charge is 0.469 e. The minimum absolute atomic E-state index is 0.107. The molecule has 2 aromatic heterocycles. The van der Waals surface area contributed by atoms with Crippen LogP contribution in [0.2, 0.25) is 0 Å². The van der Waals surface area contributed by atoms with Crippen molar-refractivity contribution in [1.82, 2.24) is 15.0 Å². The van der Waals surface area contributed by atoms with Gasteiger partial charge in [-0.05, 0) is 12.5 Å². The van der Waals surface area contributed by atoms with Gasteiger partial charge < -0.3 is 8.98 Å². The zero-order chi connectivity index (χ0) is 13.0. The lowest BCUT2D eigenvalue weighted by molar-refractivity contribution is 0.470. The molecule has 1 unspecified atom stereocenters. The van der Waals surface area contributed by atoms with Gasteiger partial charge in [-0.3, -0.25) is 11.3 Å². The Morgan fingerprint density at radius 3 is 3.00 bits per heavy atom. The molecule has 3 N–H and O–H groups in total. The molecule has 0 aliphatic rings. The summed E-state index contributed by atoms with van der Waals surface area (Å²) in [5, 5.41) is 0. The first kappa shape index (κ1) is 12.9. The Balaban J connectivity index is 2.04. The first-order valence-corrected chi connectivity index (χ1v) is 6.24. The number of hydrogen-bond acceptors (Lipinski definition) is 4. The molecule has 0 aliphatic carbocycles. The predicted octanol–water partition coefficient (Wildman–Crippen LogP) is 1.71. The van der Waals surface area contributed by atoms with E-state index in [0.29, 0.717) is 0 Å². The minimum atomic E-state index is 0.107. The van der Waals surface area contributed by atoms with E-state index in [4.69, 9.17) is 10.3 Å². The average molecular weight is 248 g/mol. The molecule has 0 spiro atoms. The van der Waals surface area contributed by atoms with Gasteiger partial charge in [0.15, 0.2) is 0 Å². The molecule has 98 valence electrons. The van der Waals surface area contributed by atoms with Gasteiger partial charge >= 0.3 is 0 Å². The molecule has 0 radical (unpaired) electrons. The third-order valence-corrected chi connectivity index (χ3v) is 3.26. The van der Waals surface area contributed by atoms with E-state index < -0.39 is 0 Å². The molecule has 0 amide bonds. The van der Waals surface area contributed by atoms with Crippen molar-refractivity contribution in [2.45, 2.75) is 32.2 Å². The van der Waals surface area contributed by atoms with E-state index >= 15 is 0 Å². The lowest BCUT2D eigenvalue weighted by atomic mass is 10.0. The molecule has 5 nitrogen and oxygen atoms in total. The van der Waals surface area contributed by atoms with Crippen LogP contribution in [-0.2, 0) is 19.9 Å². The fourth-order valence-electron chi connectivity index (χ4n) is 2.19. The zero-order valence-electron chi connectivity index (χ0n) is 10.9. The van der Waals surface area contributed by atoms with Crippen molar-refractivity contribution in [2.24, 2.45) is 12.9 Å². The van der Waals surface area contributed by atoms with Crippen molar-refractivity contribution in [1.29, 1.82) is 0 Å². The topological polar surface area (TPSA) is 69.0 Å². The molecule has 2 rings (SSSR count). The van der Waals surface area contributed by atoms with Gasteiger partial charge in [-0.1, -0.05) is 6.92 Å². The number of aryl methyl sites for hydroxylation is 3. The van der Waals surface area contributed by atoms with E-state index in [2.05, 4.69) is 17.3 Å². The van der Waals surface area contributed by atoms with Gasteiger partial charge in [-0.15, -0.1) is 0 Å². The molecular formula is C13H20N4O. The van der Waals surface area contributed by atoms with Crippen molar-refractivity contribution < 1.29 is 4.42 Å². The van der Waals surface area contributed by atoms with E-state index in [0.717, 1.165) is 36.4 Å². The van der Waals surface area contributed by atoms with E-state index in [1.54, 1.807) is 6.26 Å².